The number of hydrogen-bond acceptors (Lipinski definition) is 6. The summed E-state index contributed by atoms with van der Waals surface area (Å²) in [6.45, 7) is 2.76. The minimum absolute atomic E-state index is 0.0423. The molecule has 0 saturated heterocycles. The van der Waals surface area contributed by atoms with Gasteiger partial charge in [-0.2, -0.15) is 8.42 Å². The van der Waals surface area contributed by atoms with Crippen molar-refractivity contribution in [2.45, 2.75) is 83.8 Å². The van der Waals surface area contributed by atoms with E-state index in [2.05, 4.69) is 12.2 Å². The Bertz CT molecular complexity index is 487. The van der Waals surface area contributed by atoms with Crippen molar-refractivity contribution in [2.75, 3.05) is 32.0 Å². The van der Waals surface area contributed by atoms with Crippen LogP contribution in [0, 0.1) is 0 Å². The molecule has 0 aromatic rings. The van der Waals surface area contributed by atoms with Crippen LogP contribution in [0.5, 0.6) is 0 Å². The first-order chi connectivity index (χ1) is 13.3. The third kappa shape index (κ3) is 17.4. The third-order valence-electron chi connectivity index (χ3n) is 4.67. The molecule has 0 aromatic heterocycles. The second kappa shape index (κ2) is 17.1. The van der Waals surface area contributed by atoms with Gasteiger partial charge in [0.2, 0.25) is 5.91 Å². The van der Waals surface area contributed by atoms with Gasteiger partial charge >= 0.3 is 0 Å². The molecule has 28 heavy (non-hydrogen) atoms. The smallest absolute Gasteiger partial charge is 0.265 e. The molecule has 0 rings (SSSR count). The summed E-state index contributed by atoms with van der Waals surface area (Å²) in [5, 5.41) is 21.8. The summed E-state index contributed by atoms with van der Waals surface area (Å²) in [7, 11) is -4.14. The lowest BCUT2D eigenvalue weighted by molar-refractivity contribution is -0.121. The molecule has 0 saturated carbocycles. The first-order valence-corrected chi connectivity index (χ1v) is 12.2. The molecule has 1 unspecified atom stereocenters. The molecule has 1 atom stereocenters. The molecule has 168 valence electrons. The molecular formula is C19H40N2O6S. The minimum Gasteiger partial charge on any atom is -0.395 e. The van der Waals surface area contributed by atoms with Gasteiger partial charge in [-0.3, -0.25) is 14.2 Å². The normalized spacial score (nSPS) is 13.0. The van der Waals surface area contributed by atoms with Gasteiger partial charge in [0.05, 0.1) is 12.4 Å². The topological polar surface area (TPSA) is 127 Å². The molecule has 0 spiro atoms. The Hall–Kier alpha value is -0.740. The van der Waals surface area contributed by atoms with E-state index in [1.165, 1.54) is 43.4 Å². The molecule has 1 amide bonds. The number of aliphatic hydroxyl groups excluding tert-OH is 2. The zero-order valence-corrected chi connectivity index (χ0v) is 18.1. The van der Waals surface area contributed by atoms with Crippen molar-refractivity contribution in [1.82, 2.24) is 10.2 Å². The summed E-state index contributed by atoms with van der Waals surface area (Å²) >= 11 is 0. The molecule has 0 aliphatic carbocycles. The number of carbonyl (C=O) groups is 1. The molecule has 4 N–H and O–H groups in total. The monoisotopic (exact) mass is 424 g/mol. The quantitative estimate of drug-likeness (QED) is 0.142. The van der Waals surface area contributed by atoms with Crippen molar-refractivity contribution in [3.05, 3.63) is 0 Å². The summed E-state index contributed by atoms with van der Waals surface area (Å²) < 4.78 is 30.3. The van der Waals surface area contributed by atoms with Crippen molar-refractivity contribution in [1.29, 1.82) is 0 Å². The Morgan fingerprint density at radius 2 is 1.57 bits per heavy atom. The average Bonchev–Trinajstić information content (AvgIpc) is 2.63. The van der Waals surface area contributed by atoms with Gasteiger partial charge in [-0.15, -0.1) is 0 Å². The zero-order chi connectivity index (χ0) is 21.3. The molecule has 0 fully saturated rings. The van der Waals surface area contributed by atoms with Crippen LogP contribution in [-0.4, -0.2) is 72.2 Å². The van der Waals surface area contributed by atoms with Crippen LogP contribution < -0.4 is 5.32 Å². The van der Waals surface area contributed by atoms with Gasteiger partial charge in [-0.1, -0.05) is 58.3 Å². The summed E-state index contributed by atoms with van der Waals surface area (Å²) in [6, 6.07) is 0. The first kappa shape index (κ1) is 27.3. The molecule has 9 heteroatoms. The lowest BCUT2D eigenvalue weighted by Crippen LogP contribution is -2.43. The van der Waals surface area contributed by atoms with Gasteiger partial charge in [-0.05, 0) is 6.42 Å². The van der Waals surface area contributed by atoms with Gasteiger partial charge in [0, 0.05) is 32.5 Å². The van der Waals surface area contributed by atoms with Gasteiger partial charge in [-0.25, -0.2) is 0 Å². The van der Waals surface area contributed by atoms with E-state index in [4.69, 9.17) is 9.66 Å². The van der Waals surface area contributed by atoms with E-state index in [0.29, 0.717) is 13.0 Å². The number of rotatable bonds is 19. The first-order valence-electron chi connectivity index (χ1n) is 10.5. The van der Waals surface area contributed by atoms with Crippen molar-refractivity contribution < 1.29 is 28.0 Å². The molecule has 8 nitrogen and oxygen atoms in total. The van der Waals surface area contributed by atoms with E-state index >= 15 is 0 Å². The number of hydrogen-bond donors (Lipinski definition) is 4. The fourth-order valence-electron chi connectivity index (χ4n) is 3.00. The second-order valence-corrected chi connectivity index (χ2v) is 8.82. The van der Waals surface area contributed by atoms with Crippen LogP contribution in [0.3, 0.4) is 0 Å². The Morgan fingerprint density at radius 3 is 2.11 bits per heavy atom. The summed E-state index contributed by atoms with van der Waals surface area (Å²) in [5.41, 5.74) is 0. The minimum atomic E-state index is -4.14. The van der Waals surface area contributed by atoms with Crippen molar-refractivity contribution in [3.63, 3.8) is 0 Å². The predicted octanol–water partition coefficient (Wildman–Crippen LogP) is 1.91. The highest BCUT2D eigenvalue weighted by atomic mass is 32.2. The molecule has 0 bridgehead atoms. The van der Waals surface area contributed by atoms with E-state index in [-0.39, 0.29) is 32.0 Å². The van der Waals surface area contributed by atoms with Crippen LogP contribution in [0.2, 0.25) is 0 Å². The van der Waals surface area contributed by atoms with Crippen molar-refractivity contribution >= 4 is 16.0 Å². The highest BCUT2D eigenvalue weighted by Gasteiger charge is 2.18. The molecule has 0 aromatic carbocycles. The van der Waals surface area contributed by atoms with E-state index in [1.54, 1.807) is 0 Å². The maximum absolute atomic E-state index is 11.9. The largest absolute Gasteiger partial charge is 0.395 e. The van der Waals surface area contributed by atoms with E-state index in [1.807, 2.05) is 0 Å². The van der Waals surface area contributed by atoms with Crippen LogP contribution >= 0.6 is 0 Å². The van der Waals surface area contributed by atoms with Crippen LogP contribution in [-0.2, 0) is 14.9 Å². The number of nitrogens with one attached hydrogen (secondary N) is 1. The second-order valence-electron chi connectivity index (χ2n) is 7.24. The molecule has 0 heterocycles. The number of amides is 1. The fraction of sp³-hybridized carbons (Fsp3) is 0.947. The molecule has 0 aliphatic rings. The van der Waals surface area contributed by atoms with Gasteiger partial charge in [0.1, 0.15) is 6.23 Å². The lowest BCUT2D eigenvalue weighted by Gasteiger charge is -2.27. The van der Waals surface area contributed by atoms with E-state index < -0.39 is 22.1 Å². The van der Waals surface area contributed by atoms with E-state index in [0.717, 1.165) is 19.3 Å². The van der Waals surface area contributed by atoms with Crippen LogP contribution in [0.25, 0.3) is 0 Å². The Kier molecular flexibility index (Phi) is 16.7. The highest BCUT2D eigenvalue weighted by Crippen LogP contribution is 2.10. The Labute approximate surface area is 170 Å². The van der Waals surface area contributed by atoms with Gasteiger partial charge in [0.25, 0.3) is 10.1 Å². The highest BCUT2D eigenvalue weighted by molar-refractivity contribution is 7.85. The predicted molar refractivity (Wildman–Crippen MR) is 111 cm³/mol. The number of nitrogens with zero attached hydrogens (tertiary/aromatic N) is 1. The van der Waals surface area contributed by atoms with Crippen molar-refractivity contribution in [2.24, 2.45) is 0 Å². The van der Waals surface area contributed by atoms with E-state index in [9.17, 15) is 18.3 Å². The standard InChI is InChI=1S/C19H40N2O6S/c1-2-3-4-5-6-7-8-9-10-11-18(23)20-13-14-21(15-16-22)19(24)12-17-28(25,26)27/h19,22,24H,2-17H2,1H3,(H,20,23)(H,25,26,27). The molecule has 0 aliphatic heterocycles. The number of unbranched alkanes of at least 4 members (excludes halogenated alkanes) is 8. The lowest BCUT2D eigenvalue weighted by atomic mass is 10.1. The fourth-order valence-corrected chi connectivity index (χ4v) is 3.51. The van der Waals surface area contributed by atoms with Crippen LogP contribution in [0.1, 0.15) is 77.6 Å². The zero-order valence-electron chi connectivity index (χ0n) is 17.3. The number of aliphatic hydroxyl groups is 2. The summed E-state index contributed by atoms with van der Waals surface area (Å²) in [5.74, 6) is -0.597. The SMILES string of the molecule is CCCCCCCCCCCC(=O)NCCN(CCO)C(O)CCS(=O)(=O)O. The van der Waals surface area contributed by atoms with Gasteiger partial charge < -0.3 is 15.5 Å². The number of carbonyl (C=O) groups excluding carboxylic acids is 1. The summed E-state index contributed by atoms with van der Waals surface area (Å²) in [6.07, 6.45) is 9.95. The van der Waals surface area contributed by atoms with Crippen LogP contribution in [0.4, 0.5) is 0 Å². The van der Waals surface area contributed by atoms with Crippen LogP contribution in [0.15, 0.2) is 0 Å². The summed E-state index contributed by atoms with van der Waals surface area (Å²) in [4.78, 5) is 13.3. The van der Waals surface area contributed by atoms with Gasteiger partial charge in [0.15, 0.2) is 0 Å². The Morgan fingerprint density at radius 1 is 1.00 bits per heavy atom. The molecule has 0 radical (unpaired) electrons. The third-order valence-corrected chi connectivity index (χ3v) is 5.42. The average molecular weight is 425 g/mol. The maximum atomic E-state index is 11.9. The Balaban J connectivity index is 3.82. The van der Waals surface area contributed by atoms with Crippen molar-refractivity contribution in [3.8, 4) is 0 Å². The maximum Gasteiger partial charge on any atom is 0.265 e. The molecular weight excluding hydrogens is 384 g/mol.